The maximum atomic E-state index is 12.6. The smallest absolute Gasteiger partial charge is 0.242 e. The molecule has 0 fully saturated rings. The third-order valence-electron chi connectivity index (χ3n) is 4.64. The summed E-state index contributed by atoms with van der Waals surface area (Å²) in [7, 11) is 0. The zero-order valence-corrected chi connectivity index (χ0v) is 15.8. The Bertz CT molecular complexity index is 998. The molecule has 134 valence electrons. The molecule has 4 heteroatoms. The van der Waals surface area contributed by atoms with E-state index in [2.05, 4.69) is 35.4 Å². The molecular formula is C23H20N2OS. The molecule has 1 N–H and O–H groups in total. The number of fused-ring (bicyclic) bond motifs is 1. The molecule has 1 aliphatic heterocycles. The van der Waals surface area contributed by atoms with E-state index in [4.69, 9.17) is 0 Å². The summed E-state index contributed by atoms with van der Waals surface area (Å²) >= 11 is 1.63. The number of rotatable bonds is 3. The van der Waals surface area contributed by atoms with E-state index in [1.54, 1.807) is 11.3 Å². The van der Waals surface area contributed by atoms with Crippen LogP contribution in [0.2, 0.25) is 0 Å². The maximum absolute atomic E-state index is 12.6. The van der Waals surface area contributed by atoms with Crippen molar-refractivity contribution in [3.05, 3.63) is 87.6 Å². The van der Waals surface area contributed by atoms with Gasteiger partial charge in [0.05, 0.1) is 11.4 Å². The molecule has 4 rings (SSSR count). The van der Waals surface area contributed by atoms with Gasteiger partial charge in [-0.15, -0.1) is 11.3 Å². The van der Waals surface area contributed by atoms with E-state index in [0.29, 0.717) is 13.1 Å². The first-order chi connectivity index (χ1) is 13.3. The second-order valence-corrected chi connectivity index (χ2v) is 7.44. The number of amides is 1. The molecule has 0 aliphatic carbocycles. The Labute approximate surface area is 163 Å². The fraction of sp³-hybridized carbons (Fsp3) is 0.174. The lowest BCUT2D eigenvalue weighted by Crippen LogP contribution is -2.39. The SMILES string of the molecule is O=C(CNc1cccc(C#Cc2cccs2)c1)N1CCc2ccccc2C1. The third-order valence-corrected chi connectivity index (χ3v) is 5.43. The molecule has 0 bridgehead atoms. The molecule has 3 nitrogen and oxygen atoms in total. The molecule has 0 unspecified atom stereocenters. The minimum Gasteiger partial charge on any atom is -0.376 e. The Kier molecular flexibility index (Phi) is 5.22. The van der Waals surface area contributed by atoms with E-state index in [1.807, 2.05) is 52.7 Å². The van der Waals surface area contributed by atoms with Crippen molar-refractivity contribution >= 4 is 22.9 Å². The van der Waals surface area contributed by atoms with Crippen LogP contribution < -0.4 is 5.32 Å². The number of nitrogens with one attached hydrogen (secondary N) is 1. The highest BCUT2D eigenvalue weighted by Crippen LogP contribution is 2.18. The second-order valence-electron chi connectivity index (χ2n) is 6.50. The van der Waals surface area contributed by atoms with Crippen molar-refractivity contribution in [2.24, 2.45) is 0 Å². The highest BCUT2D eigenvalue weighted by molar-refractivity contribution is 7.10. The number of hydrogen-bond donors (Lipinski definition) is 1. The quantitative estimate of drug-likeness (QED) is 0.701. The van der Waals surface area contributed by atoms with E-state index in [-0.39, 0.29) is 5.91 Å². The minimum absolute atomic E-state index is 0.125. The highest BCUT2D eigenvalue weighted by Gasteiger charge is 2.19. The van der Waals surface area contributed by atoms with Gasteiger partial charge in [-0.2, -0.15) is 0 Å². The molecule has 27 heavy (non-hydrogen) atoms. The number of anilines is 1. The van der Waals surface area contributed by atoms with Crippen molar-refractivity contribution in [3.8, 4) is 11.8 Å². The van der Waals surface area contributed by atoms with Crippen molar-refractivity contribution in [1.29, 1.82) is 0 Å². The lowest BCUT2D eigenvalue weighted by molar-refractivity contribution is -0.130. The third kappa shape index (κ3) is 4.39. The fourth-order valence-corrected chi connectivity index (χ4v) is 3.76. The van der Waals surface area contributed by atoms with E-state index < -0.39 is 0 Å². The lowest BCUT2D eigenvalue weighted by atomic mass is 10.00. The first-order valence-electron chi connectivity index (χ1n) is 9.02. The van der Waals surface area contributed by atoms with Gasteiger partial charge < -0.3 is 10.2 Å². The average molecular weight is 372 g/mol. The Hall–Kier alpha value is -3.03. The molecule has 0 atom stereocenters. The Morgan fingerprint density at radius 1 is 1.04 bits per heavy atom. The van der Waals surface area contributed by atoms with Crippen molar-refractivity contribution in [2.75, 3.05) is 18.4 Å². The predicted molar refractivity (Wildman–Crippen MR) is 111 cm³/mol. The van der Waals surface area contributed by atoms with E-state index in [9.17, 15) is 4.79 Å². The van der Waals surface area contributed by atoms with Crippen LogP contribution in [0.4, 0.5) is 5.69 Å². The van der Waals surface area contributed by atoms with Crippen LogP contribution in [-0.2, 0) is 17.8 Å². The van der Waals surface area contributed by atoms with E-state index >= 15 is 0 Å². The van der Waals surface area contributed by atoms with Crippen molar-refractivity contribution in [3.63, 3.8) is 0 Å². The van der Waals surface area contributed by atoms with Crippen LogP contribution in [0.25, 0.3) is 0 Å². The molecular weight excluding hydrogens is 352 g/mol. The fourth-order valence-electron chi connectivity index (χ4n) is 3.19. The van der Waals surface area contributed by atoms with Gasteiger partial charge in [-0.25, -0.2) is 0 Å². The van der Waals surface area contributed by atoms with Crippen LogP contribution in [-0.4, -0.2) is 23.9 Å². The van der Waals surface area contributed by atoms with Gasteiger partial charge in [-0.1, -0.05) is 48.2 Å². The van der Waals surface area contributed by atoms with Gasteiger partial charge >= 0.3 is 0 Å². The van der Waals surface area contributed by atoms with Crippen LogP contribution in [0.3, 0.4) is 0 Å². The van der Waals surface area contributed by atoms with Crippen LogP contribution in [0, 0.1) is 11.8 Å². The zero-order valence-electron chi connectivity index (χ0n) is 14.9. The number of carbonyl (C=O) groups excluding carboxylic acids is 1. The molecule has 1 aliphatic rings. The monoisotopic (exact) mass is 372 g/mol. The van der Waals surface area contributed by atoms with Crippen molar-refractivity contribution < 1.29 is 4.79 Å². The summed E-state index contributed by atoms with van der Waals surface area (Å²) in [6, 6.07) is 20.3. The molecule has 0 radical (unpaired) electrons. The molecule has 3 aromatic rings. The lowest BCUT2D eigenvalue weighted by Gasteiger charge is -2.29. The summed E-state index contributed by atoms with van der Waals surface area (Å²) in [5.41, 5.74) is 4.46. The number of carbonyl (C=O) groups is 1. The Balaban J connectivity index is 1.36. The molecule has 1 amide bonds. The summed E-state index contributed by atoms with van der Waals surface area (Å²) in [5.74, 6) is 6.46. The van der Waals surface area contributed by atoms with Gasteiger partial charge in [0.2, 0.25) is 5.91 Å². The molecule has 2 aromatic carbocycles. The van der Waals surface area contributed by atoms with Gasteiger partial charge in [-0.05, 0) is 47.2 Å². The summed E-state index contributed by atoms with van der Waals surface area (Å²) < 4.78 is 0. The largest absolute Gasteiger partial charge is 0.376 e. The van der Waals surface area contributed by atoms with Crippen LogP contribution in [0.5, 0.6) is 0 Å². The highest BCUT2D eigenvalue weighted by atomic mass is 32.1. The number of hydrogen-bond acceptors (Lipinski definition) is 3. The van der Waals surface area contributed by atoms with Gasteiger partial charge in [0.1, 0.15) is 0 Å². The number of nitrogens with zero attached hydrogens (tertiary/aromatic N) is 1. The Morgan fingerprint density at radius 2 is 1.93 bits per heavy atom. The number of benzene rings is 2. The first kappa shape index (κ1) is 17.4. The van der Waals surface area contributed by atoms with Gasteiger partial charge in [0.25, 0.3) is 0 Å². The molecule has 0 saturated carbocycles. The van der Waals surface area contributed by atoms with Crippen LogP contribution >= 0.6 is 11.3 Å². The van der Waals surface area contributed by atoms with Crippen molar-refractivity contribution in [2.45, 2.75) is 13.0 Å². The molecule has 1 aromatic heterocycles. The number of thiophene rings is 1. The van der Waals surface area contributed by atoms with Crippen LogP contribution in [0.1, 0.15) is 21.6 Å². The molecule has 0 saturated heterocycles. The molecule has 2 heterocycles. The normalized spacial score (nSPS) is 12.7. The van der Waals surface area contributed by atoms with Gasteiger partial charge in [-0.3, -0.25) is 4.79 Å². The summed E-state index contributed by atoms with van der Waals surface area (Å²) in [4.78, 5) is 15.6. The van der Waals surface area contributed by atoms with E-state index in [1.165, 1.54) is 11.1 Å². The first-order valence-corrected chi connectivity index (χ1v) is 9.90. The zero-order chi connectivity index (χ0) is 18.5. The second kappa shape index (κ2) is 8.11. The van der Waals surface area contributed by atoms with Gasteiger partial charge in [0.15, 0.2) is 0 Å². The van der Waals surface area contributed by atoms with Gasteiger partial charge in [0, 0.05) is 24.3 Å². The predicted octanol–water partition coefficient (Wildman–Crippen LogP) is 4.14. The minimum atomic E-state index is 0.125. The van der Waals surface area contributed by atoms with E-state index in [0.717, 1.165) is 29.1 Å². The average Bonchev–Trinajstić information content (AvgIpc) is 3.24. The summed E-state index contributed by atoms with van der Waals surface area (Å²) in [6.07, 6.45) is 0.926. The Morgan fingerprint density at radius 3 is 2.78 bits per heavy atom. The maximum Gasteiger partial charge on any atom is 0.242 e. The topological polar surface area (TPSA) is 32.3 Å². The standard InChI is InChI=1S/C23H20N2OS/c26-23(25-13-12-19-6-1-2-7-20(19)17-25)16-24-21-8-3-5-18(15-21)10-11-22-9-4-14-27-22/h1-9,14-15,24H,12-13,16-17H2. The summed E-state index contributed by atoms with van der Waals surface area (Å²) in [5, 5.41) is 5.26. The van der Waals surface area contributed by atoms with Crippen LogP contribution in [0.15, 0.2) is 66.0 Å². The summed E-state index contributed by atoms with van der Waals surface area (Å²) in [6.45, 7) is 1.77. The van der Waals surface area contributed by atoms with Crippen molar-refractivity contribution in [1.82, 2.24) is 4.90 Å². The molecule has 0 spiro atoms.